The molecule has 2 heterocycles. The van der Waals surface area contributed by atoms with Crippen LogP contribution in [0.1, 0.15) is 22.3 Å². The van der Waals surface area contributed by atoms with Crippen molar-refractivity contribution in [1.29, 1.82) is 0 Å². The molecule has 14 heteroatoms. The summed E-state index contributed by atoms with van der Waals surface area (Å²) in [6.07, 6.45) is 2.96. The highest BCUT2D eigenvalue weighted by atomic mass is 19.1. The number of rotatable bonds is 12. The van der Waals surface area contributed by atoms with Gasteiger partial charge in [0.25, 0.3) is 11.6 Å². The van der Waals surface area contributed by atoms with Crippen molar-refractivity contribution < 1.29 is 56.3 Å². The van der Waals surface area contributed by atoms with Crippen LogP contribution in [0.3, 0.4) is 0 Å². The highest BCUT2D eigenvalue weighted by Crippen LogP contribution is 2.43. The van der Waals surface area contributed by atoms with Gasteiger partial charge in [0.15, 0.2) is 23.0 Å². The summed E-state index contributed by atoms with van der Waals surface area (Å²) >= 11 is 0. The first-order chi connectivity index (χ1) is 26.9. The van der Waals surface area contributed by atoms with Crippen molar-refractivity contribution in [2.24, 2.45) is 0 Å². The Morgan fingerprint density at radius 2 is 0.911 bits per heavy atom. The molecule has 0 aliphatic carbocycles. The lowest BCUT2D eigenvalue weighted by molar-refractivity contribution is -0.205. The Morgan fingerprint density at radius 1 is 0.571 bits per heavy atom. The lowest BCUT2D eigenvalue weighted by atomic mass is 9.97. The average molecular weight is 775 g/mol. The van der Waals surface area contributed by atoms with Gasteiger partial charge in [-0.1, -0.05) is 0 Å². The number of ether oxygens (including phenoxy) is 8. The van der Waals surface area contributed by atoms with Crippen LogP contribution in [0.4, 0.5) is 8.78 Å². The van der Waals surface area contributed by atoms with E-state index in [-0.39, 0.29) is 24.6 Å². The molecule has 56 heavy (non-hydrogen) atoms. The minimum Gasteiger partial charge on any atom is -0.493 e. The summed E-state index contributed by atoms with van der Waals surface area (Å²) in [7, 11) is 9.70. The van der Waals surface area contributed by atoms with Gasteiger partial charge in [0.2, 0.25) is 0 Å². The molecular formula is C42H44F2N2O10. The molecule has 2 unspecified atom stereocenters. The SMILES string of the molecule is COc1cc2c(cc1OC)C(OC(=O)/C=C\C(=O)OC1(Oc3ccc(F)cc3)CN(C)CCc3cc(OC)c(OC)cc31)(Oc1ccc(F)cc1)CN(C)CC2. The van der Waals surface area contributed by atoms with Gasteiger partial charge in [0.1, 0.15) is 23.1 Å². The lowest BCUT2D eigenvalue weighted by Gasteiger charge is -2.36. The Balaban J connectivity index is 1.37. The van der Waals surface area contributed by atoms with Gasteiger partial charge < -0.3 is 37.9 Å². The molecule has 2 atom stereocenters. The number of hydrogen-bond donors (Lipinski definition) is 0. The standard InChI is InChI=1S/C42H44F2N2O10/c1-45-19-17-27-21-35(49-3)37(51-5)23-33(27)41(25-45,53-31-11-7-29(43)8-12-31)55-39(47)15-16-40(48)56-42(54-32-13-9-30(44)10-14-32)26-46(2)20-18-28-22-36(50-4)38(52-6)24-34(28)42/h7-16,21-24H,17-20,25-26H2,1-6H3/b16-15-. The zero-order valence-electron chi connectivity index (χ0n) is 32.1. The Labute approximate surface area is 324 Å². The third-order valence-electron chi connectivity index (χ3n) is 9.60. The van der Waals surface area contributed by atoms with Crippen LogP contribution >= 0.6 is 0 Å². The number of benzene rings is 4. The fourth-order valence-electron chi connectivity index (χ4n) is 6.93. The van der Waals surface area contributed by atoms with Gasteiger partial charge in [-0.2, -0.15) is 0 Å². The summed E-state index contributed by atoms with van der Waals surface area (Å²) in [6, 6.07) is 17.6. The molecule has 6 rings (SSSR count). The first kappa shape index (κ1) is 39.8. The number of esters is 2. The van der Waals surface area contributed by atoms with Crippen molar-refractivity contribution >= 4 is 11.9 Å². The lowest BCUT2D eigenvalue weighted by Crippen LogP contribution is -2.47. The third kappa shape index (κ3) is 8.66. The van der Waals surface area contributed by atoms with Crippen molar-refractivity contribution in [2.45, 2.75) is 24.4 Å². The van der Waals surface area contributed by atoms with E-state index in [1.807, 2.05) is 23.9 Å². The van der Waals surface area contributed by atoms with Gasteiger partial charge in [-0.25, -0.2) is 18.4 Å². The second-order valence-electron chi connectivity index (χ2n) is 13.5. The molecule has 0 saturated heterocycles. The molecule has 0 aromatic heterocycles. The summed E-state index contributed by atoms with van der Waals surface area (Å²) in [4.78, 5) is 31.6. The molecule has 296 valence electrons. The Hall–Kier alpha value is -5.86. The number of likely N-dealkylation sites (N-methyl/N-ethyl adjacent to an activating group) is 2. The van der Waals surface area contributed by atoms with E-state index in [0.717, 1.165) is 23.3 Å². The molecule has 0 spiro atoms. The largest absolute Gasteiger partial charge is 0.493 e. The van der Waals surface area contributed by atoms with E-state index in [9.17, 15) is 18.4 Å². The van der Waals surface area contributed by atoms with E-state index in [1.54, 1.807) is 24.3 Å². The van der Waals surface area contributed by atoms with Crippen molar-refractivity contribution in [3.63, 3.8) is 0 Å². The Bertz CT molecular complexity index is 1930. The highest BCUT2D eigenvalue weighted by Gasteiger charge is 2.46. The van der Waals surface area contributed by atoms with Gasteiger partial charge in [0.05, 0.1) is 41.5 Å². The van der Waals surface area contributed by atoms with Crippen molar-refractivity contribution in [2.75, 3.05) is 68.7 Å². The van der Waals surface area contributed by atoms with Crippen LogP contribution in [0.2, 0.25) is 0 Å². The summed E-state index contributed by atoms with van der Waals surface area (Å²) < 4.78 is 75.6. The third-order valence-corrected chi connectivity index (χ3v) is 9.60. The maximum absolute atomic E-state index is 14.0. The monoisotopic (exact) mass is 774 g/mol. The number of hydrogen-bond acceptors (Lipinski definition) is 12. The summed E-state index contributed by atoms with van der Waals surface area (Å²) in [5, 5.41) is 0. The van der Waals surface area contributed by atoms with E-state index in [2.05, 4.69) is 0 Å². The average Bonchev–Trinajstić information content (AvgIpc) is 3.40. The van der Waals surface area contributed by atoms with Crippen molar-refractivity contribution in [1.82, 2.24) is 9.80 Å². The van der Waals surface area contributed by atoms with Crippen LogP contribution < -0.4 is 28.4 Å². The fourth-order valence-corrected chi connectivity index (χ4v) is 6.93. The van der Waals surface area contributed by atoms with Crippen LogP contribution in [-0.2, 0) is 43.5 Å². The second-order valence-corrected chi connectivity index (χ2v) is 13.5. The molecule has 0 radical (unpaired) electrons. The zero-order valence-corrected chi connectivity index (χ0v) is 32.1. The number of nitrogens with zero attached hydrogens (tertiary/aromatic N) is 2. The van der Waals surface area contributed by atoms with E-state index in [4.69, 9.17) is 37.9 Å². The first-order valence-corrected chi connectivity index (χ1v) is 17.8. The number of methoxy groups -OCH3 is 4. The van der Waals surface area contributed by atoms with Gasteiger partial charge in [0, 0.05) is 36.4 Å². The van der Waals surface area contributed by atoms with Gasteiger partial charge in [-0.3, -0.25) is 9.80 Å². The predicted octanol–water partition coefficient (Wildman–Crippen LogP) is 5.78. The molecule has 0 N–H and O–H groups in total. The number of carbonyl (C=O) groups is 2. The van der Waals surface area contributed by atoms with Crippen LogP contribution in [0.25, 0.3) is 0 Å². The van der Waals surface area contributed by atoms with Crippen molar-refractivity contribution in [3.05, 3.63) is 119 Å². The van der Waals surface area contributed by atoms with Crippen LogP contribution in [0.5, 0.6) is 34.5 Å². The van der Waals surface area contributed by atoms with Gasteiger partial charge in [-0.15, -0.1) is 0 Å². The van der Waals surface area contributed by atoms with Gasteiger partial charge in [-0.05, 0) is 111 Å². The topological polar surface area (TPSA) is 114 Å². The normalized spacial score (nSPS) is 19.8. The molecule has 2 aliphatic rings. The number of fused-ring (bicyclic) bond motifs is 2. The highest BCUT2D eigenvalue weighted by molar-refractivity contribution is 5.92. The zero-order chi connectivity index (χ0) is 40.0. The van der Waals surface area contributed by atoms with E-state index >= 15 is 0 Å². The minimum absolute atomic E-state index is 0.0555. The molecule has 2 aliphatic heterocycles. The molecular weight excluding hydrogens is 730 g/mol. The molecule has 12 nitrogen and oxygen atoms in total. The number of carbonyl (C=O) groups excluding carboxylic acids is 2. The molecule has 0 fully saturated rings. The molecule has 0 bridgehead atoms. The second kappa shape index (κ2) is 16.9. The Morgan fingerprint density at radius 3 is 1.25 bits per heavy atom. The molecule has 0 amide bonds. The summed E-state index contributed by atoms with van der Waals surface area (Å²) in [5.41, 5.74) is 2.46. The summed E-state index contributed by atoms with van der Waals surface area (Å²) in [6.45, 7) is 1.25. The molecule has 4 aromatic rings. The quantitative estimate of drug-likeness (QED) is 0.0988. The van der Waals surface area contributed by atoms with E-state index in [0.29, 0.717) is 60.1 Å². The predicted molar refractivity (Wildman–Crippen MR) is 200 cm³/mol. The molecule has 0 saturated carbocycles. The van der Waals surface area contributed by atoms with Crippen LogP contribution in [0.15, 0.2) is 84.9 Å². The molecule has 4 aromatic carbocycles. The maximum atomic E-state index is 14.0. The van der Waals surface area contributed by atoms with Crippen LogP contribution in [0, 0.1) is 11.6 Å². The summed E-state index contributed by atoms with van der Waals surface area (Å²) in [5.74, 6) is -4.31. The van der Waals surface area contributed by atoms with E-state index in [1.165, 1.54) is 77.0 Å². The minimum atomic E-state index is -1.80. The first-order valence-electron chi connectivity index (χ1n) is 17.8. The smallest absolute Gasteiger partial charge is 0.334 e. The number of halogens is 2. The Kier molecular flexibility index (Phi) is 12.0. The maximum Gasteiger partial charge on any atom is 0.334 e. The van der Waals surface area contributed by atoms with E-state index < -0.39 is 35.1 Å². The van der Waals surface area contributed by atoms with Crippen molar-refractivity contribution in [3.8, 4) is 34.5 Å². The van der Waals surface area contributed by atoms with Crippen LogP contribution in [-0.4, -0.2) is 90.5 Å². The van der Waals surface area contributed by atoms with Gasteiger partial charge >= 0.3 is 11.9 Å². The fraction of sp³-hybridized carbons (Fsp3) is 0.333.